The fourth-order valence-electron chi connectivity index (χ4n) is 12.2. The monoisotopic (exact) mass is 506 g/mol. The molecule has 6 fully saturated rings. The molecule has 5 nitrogen and oxygen atoms in total. The molecular weight excluding hydrogens is 459 g/mol. The number of carbonyl (C=O) groups excluding carboxylic acids is 1. The third kappa shape index (κ3) is 2.44. The normalized spacial score (nSPS) is 64.0. The Morgan fingerprint density at radius 3 is 2.36 bits per heavy atom. The Balaban J connectivity index is 1.50. The van der Waals surface area contributed by atoms with Crippen LogP contribution in [0.25, 0.3) is 0 Å². The highest BCUT2D eigenvalue weighted by Gasteiger charge is 2.84. The predicted octanol–water partition coefficient (Wildman–Crippen LogP) is 4.66. The Labute approximate surface area is 215 Å². The molecule has 1 heterocycles. The first-order valence-corrected chi connectivity index (χ1v) is 14.5. The van der Waals surface area contributed by atoms with E-state index in [1.165, 1.54) is 0 Å². The zero-order chi connectivity index (χ0) is 26.3. The minimum absolute atomic E-state index is 0.0150. The van der Waals surface area contributed by atoms with E-state index < -0.39 is 45.6 Å². The van der Waals surface area contributed by atoms with Gasteiger partial charge in [0.25, 0.3) is 0 Å². The van der Waals surface area contributed by atoms with Crippen LogP contribution < -0.4 is 0 Å². The van der Waals surface area contributed by atoms with E-state index in [-0.39, 0.29) is 41.7 Å². The van der Waals surface area contributed by atoms with Crippen molar-refractivity contribution in [3.63, 3.8) is 0 Å². The molecule has 0 radical (unpaired) electrons. The highest BCUT2D eigenvalue weighted by molar-refractivity contribution is 5.82. The fourth-order valence-corrected chi connectivity index (χ4v) is 12.2. The number of aliphatic hydroxyl groups is 3. The molecule has 0 aromatic rings. The van der Waals surface area contributed by atoms with Crippen LogP contribution in [0.2, 0.25) is 0 Å². The predicted molar refractivity (Wildman–Crippen MR) is 133 cm³/mol. The lowest BCUT2D eigenvalue weighted by Crippen LogP contribution is -2.76. The van der Waals surface area contributed by atoms with Crippen molar-refractivity contribution in [3.8, 4) is 0 Å². The summed E-state index contributed by atoms with van der Waals surface area (Å²) in [6.45, 7) is 12.9. The van der Waals surface area contributed by atoms with E-state index in [1.807, 2.05) is 6.92 Å². The van der Waals surface area contributed by atoms with Crippen molar-refractivity contribution in [2.45, 2.75) is 117 Å². The maximum atomic E-state index is 17.2. The van der Waals surface area contributed by atoms with Gasteiger partial charge in [0.05, 0.1) is 24.2 Å². The molecular formula is C30H47FO5. The Morgan fingerprint density at radius 1 is 1.00 bits per heavy atom. The van der Waals surface area contributed by atoms with Crippen molar-refractivity contribution in [1.29, 1.82) is 0 Å². The van der Waals surface area contributed by atoms with Gasteiger partial charge in [-0.1, -0.05) is 41.5 Å². The zero-order valence-corrected chi connectivity index (χ0v) is 23.0. The summed E-state index contributed by atoms with van der Waals surface area (Å²) in [7, 11) is 0. The van der Waals surface area contributed by atoms with Gasteiger partial charge in [0.1, 0.15) is 6.17 Å². The lowest BCUT2D eigenvalue weighted by atomic mass is 9.30. The summed E-state index contributed by atoms with van der Waals surface area (Å²) in [5.41, 5.74) is -3.70. The molecule has 0 aromatic carbocycles. The first kappa shape index (κ1) is 25.6. The minimum atomic E-state index is -1.26. The van der Waals surface area contributed by atoms with E-state index in [0.717, 1.165) is 38.5 Å². The number of carbonyl (C=O) groups is 1. The highest BCUT2D eigenvalue weighted by atomic mass is 19.1. The Kier molecular flexibility index (Phi) is 5.16. The van der Waals surface area contributed by atoms with Crippen LogP contribution >= 0.6 is 0 Å². The fraction of sp³-hybridized carbons (Fsp3) is 0.967. The van der Waals surface area contributed by atoms with Crippen LogP contribution in [0.15, 0.2) is 0 Å². The van der Waals surface area contributed by atoms with Crippen molar-refractivity contribution >= 4 is 5.97 Å². The van der Waals surface area contributed by atoms with E-state index in [0.29, 0.717) is 18.8 Å². The summed E-state index contributed by atoms with van der Waals surface area (Å²) in [4.78, 5) is 13.7. The van der Waals surface area contributed by atoms with Gasteiger partial charge < -0.3 is 20.1 Å². The average Bonchev–Trinajstić information content (AvgIpc) is 3.04. The average molecular weight is 507 g/mol. The van der Waals surface area contributed by atoms with Gasteiger partial charge in [-0.25, -0.2) is 4.39 Å². The Hall–Kier alpha value is -0.720. The van der Waals surface area contributed by atoms with Crippen LogP contribution in [0.5, 0.6) is 0 Å². The quantitative estimate of drug-likeness (QED) is 0.451. The molecule has 2 bridgehead atoms. The van der Waals surface area contributed by atoms with Gasteiger partial charge in [-0.15, -0.1) is 0 Å². The third-order valence-electron chi connectivity index (χ3n) is 14.4. The maximum Gasteiger partial charge on any atom is 0.313 e. The molecule has 3 N–H and O–H groups in total. The molecule has 1 aliphatic heterocycles. The number of rotatable bonds is 1. The first-order valence-electron chi connectivity index (χ1n) is 14.5. The van der Waals surface area contributed by atoms with Crippen molar-refractivity contribution < 1.29 is 29.2 Å². The van der Waals surface area contributed by atoms with Crippen LogP contribution in [0.4, 0.5) is 4.39 Å². The smallest absolute Gasteiger partial charge is 0.313 e. The number of fused-ring (bicyclic) bond motifs is 4. The van der Waals surface area contributed by atoms with Gasteiger partial charge >= 0.3 is 5.97 Å². The van der Waals surface area contributed by atoms with Crippen molar-refractivity contribution in [3.05, 3.63) is 0 Å². The molecule has 36 heavy (non-hydrogen) atoms. The van der Waals surface area contributed by atoms with Gasteiger partial charge in [-0.3, -0.25) is 4.79 Å². The molecule has 0 aromatic heterocycles. The van der Waals surface area contributed by atoms with E-state index in [4.69, 9.17) is 4.74 Å². The number of esters is 1. The maximum absolute atomic E-state index is 17.2. The standard InChI is InChI=1S/C30H47FO5/c1-16-7-10-29-12-11-28(6)27(5)9-8-19-25(3,14-18(33)23(34)26(19,4)15-32)20(27)13-21(31)30(28,36-24(29)35)22(29)17(16)2/h16-23,32-34H,7-15H2,1-6H3/t16-,17+,18-,19-,20-,21-,22-,23+,25+,26+,27-,28+,29+,30+/m1/s1. The molecule has 14 atom stereocenters. The van der Waals surface area contributed by atoms with Gasteiger partial charge in [0, 0.05) is 16.7 Å². The molecule has 0 amide bonds. The summed E-state index contributed by atoms with van der Waals surface area (Å²) < 4.78 is 23.7. The topological polar surface area (TPSA) is 87.0 Å². The summed E-state index contributed by atoms with van der Waals surface area (Å²) >= 11 is 0. The van der Waals surface area contributed by atoms with Crippen LogP contribution in [0.1, 0.15) is 92.9 Å². The molecule has 6 rings (SSSR count). The second-order valence-electron chi connectivity index (χ2n) is 15.2. The zero-order valence-electron chi connectivity index (χ0n) is 23.0. The summed E-state index contributed by atoms with van der Waals surface area (Å²) in [6.07, 6.45) is 2.54. The number of hydrogen-bond donors (Lipinski definition) is 3. The summed E-state index contributed by atoms with van der Waals surface area (Å²) in [5.74, 6) is 0.357. The lowest BCUT2D eigenvalue weighted by molar-refractivity contribution is -0.318. The molecule has 5 aliphatic carbocycles. The van der Waals surface area contributed by atoms with Gasteiger partial charge in [-0.2, -0.15) is 0 Å². The van der Waals surface area contributed by atoms with Gasteiger partial charge in [-0.05, 0) is 85.9 Å². The van der Waals surface area contributed by atoms with E-state index >= 15 is 4.39 Å². The van der Waals surface area contributed by atoms with Crippen molar-refractivity contribution in [2.24, 2.45) is 56.7 Å². The minimum Gasteiger partial charge on any atom is -0.455 e. The molecule has 6 aliphatic rings. The van der Waals surface area contributed by atoms with Crippen LogP contribution in [-0.2, 0) is 9.53 Å². The SMILES string of the molecule is C[C@H]1[C@H](C)CC[C@@]23CC[C@]4(C)[C@](OC2=O)([C@H](F)C[C@@H]2[C@@]5(C)C[C@@H](O)[C@H](O)[C@@](C)(CO)[C@@H]5CC[C@]24C)[C@H]13. The number of ether oxygens (including phenoxy) is 1. The summed E-state index contributed by atoms with van der Waals surface area (Å²) in [6, 6.07) is 0. The molecule has 6 heteroatoms. The van der Waals surface area contributed by atoms with Crippen LogP contribution in [0, 0.1) is 56.7 Å². The second kappa shape index (κ2) is 7.27. The number of halogens is 1. The first-order chi connectivity index (χ1) is 16.7. The largest absolute Gasteiger partial charge is 0.455 e. The molecule has 0 unspecified atom stereocenters. The van der Waals surface area contributed by atoms with Crippen molar-refractivity contribution in [2.75, 3.05) is 6.61 Å². The van der Waals surface area contributed by atoms with Gasteiger partial charge in [0.15, 0.2) is 5.60 Å². The van der Waals surface area contributed by atoms with Crippen molar-refractivity contribution in [1.82, 2.24) is 0 Å². The number of aliphatic hydroxyl groups excluding tert-OH is 3. The van der Waals surface area contributed by atoms with Gasteiger partial charge in [0.2, 0.25) is 0 Å². The van der Waals surface area contributed by atoms with E-state index in [2.05, 4.69) is 34.6 Å². The highest BCUT2D eigenvalue weighted by Crippen LogP contribution is 2.81. The Morgan fingerprint density at radius 2 is 1.69 bits per heavy atom. The third-order valence-corrected chi connectivity index (χ3v) is 14.4. The second-order valence-corrected chi connectivity index (χ2v) is 15.2. The molecule has 1 spiro atoms. The number of hydrogen-bond acceptors (Lipinski definition) is 5. The summed E-state index contributed by atoms with van der Waals surface area (Å²) in [5, 5.41) is 32.4. The van der Waals surface area contributed by atoms with E-state index in [1.54, 1.807) is 0 Å². The lowest BCUT2D eigenvalue weighted by Gasteiger charge is -2.74. The Bertz CT molecular complexity index is 973. The molecule has 204 valence electrons. The van der Waals surface area contributed by atoms with E-state index in [9.17, 15) is 20.1 Å². The van der Waals surface area contributed by atoms with Crippen LogP contribution in [0.3, 0.4) is 0 Å². The molecule has 5 saturated carbocycles. The van der Waals surface area contributed by atoms with Crippen LogP contribution in [-0.4, -0.2) is 51.9 Å². The molecule has 1 saturated heterocycles. The number of alkyl halides is 1.